The summed E-state index contributed by atoms with van der Waals surface area (Å²) in [5.74, 6) is 2.24. The number of aryl methyl sites for hydroxylation is 1. The first-order chi connectivity index (χ1) is 12.3. The van der Waals surface area contributed by atoms with Crippen molar-refractivity contribution in [1.82, 2.24) is 14.9 Å². The van der Waals surface area contributed by atoms with Crippen LogP contribution in [-0.2, 0) is 13.0 Å². The fraction of sp³-hybridized carbons (Fsp3) is 0.500. The molecule has 0 unspecified atom stereocenters. The van der Waals surface area contributed by atoms with Crippen molar-refractivity contribution < 1.29 is 9.47 Å². The van der Waals surface area contributed by atoms with Crippen molar-refractivity contribution in [2.24, 2.45) is 5.92 Å². The first-order valence-corrected chi connectivity index (χ1v) is 8.98. The van der Waals surface area contributed by atoms with Crippen molar-refractivity contribution in [3.63, 3.8) is 0 Å². The molecule has 2 aromatic rings. The largest absolute Gasteiger partial charge is 0.481 e. The maximum Gasteiger partial charge on any atom is 0.216 e. The fourth-order valence-corrected chi connectivity index (χ4v) is 3.48. The molecule has 0 N–H and O–H groups in total. The highest BCUT2D eigenvalue weighted by Crippen LogP contribution is 2.25. The van der Waals surface area contributed by atoms with Gasteiger partial charge in [0.2, 0.25) is 11.8 Å². The molecule has 0 atom stereocenters. The van der Waals surface area contributed by atoms with E-state index in [1.807, 2.05) is 18.2 Å². The summed E-state index contributed by atoms with van der Waals surface area (Å²) in [6.07, 6.45) is 6.51. The number of ether oxygens (including phenoxy) is 2. The maximum atomic E-state index is 5.35. The maximum absolute atomic E-state index is 5.35. The number of rotatable bonds is 7. The summed E-state index contributed by atoms with van der Waals surface area (Å²) >= 11 is 0. The van der Waals surface area contributed by atoms with E-state index in [0.29, 0.717) is 5.88 Å². The van der Waals surface area contributed by atoms with E-state index in [0.717, 1.165) is 43.5 Å². The molecular weight excluding hydrogens is 314 g/mol. The zero-order valence-electron chi connectivity index (χ0n) is 15.1. The van der Waals surface area contributed by atoms with Crippen LogP contribution >= 0.6 is 0 Å². The van der Waals surface area contributed by atoms with Crippen molar-refractivity contribution in [3.8, 4) is 11.8 Å². The standard InChI is InChI=1S/C20H27N3O2/c1-24-19-7-3-6-18(22-19)15-23-13-10-16(11-14-23)8-9-17-5-4-12-21-20(17)25-2/h3-7,12,16H,8-11,13-15H2,1-2H3. The normalized spacial score (nSPS) is 15.9. The molecule has 1 aliphatic heterocycles. The van der Waals surface area contributed by atoms with Crippen molar-refractivity contribution in [2.75, 3.05) is 27.3 Å². The highest BCUT2D eigenvalue weighted by atomic mass is 16.5. The van der Waals surface area contributed by atoms with Gasteiger partial charge in [-0.3, -0.25) is 4.90 Å². The molecule has 3 heterocycles. The van der Waals surface area contributed by atoms with E-state index in [1.165, 1.54) is 24.8 Å². The van der Waals surface area contributed by atoms with Crippen LogP contribution in [0.2, 0.25) is 0 Å². The topological polar surface area (TPSA) is 47.5 Å². The van der Waals surface area contributed by atoms with Gasteiger partial charge in [0, 0.05) is 24.4 Å². The Bertz CT molecular complexity index is 669. The van der Waals surface area contributed by atoms with Crippen molar-refractivity contribution in [2.45, 2.75) is 32.2 Å². The van der Waals surface area contributed by atoms with Gasteiger partial charge in [-0.25, -0.2) is 9.97 Å². The van der Waals surface area contributed by atoms with Gasteiger partial charge < -0.3 is 9.47 Å². The average molecular weight is 341 g/mol. The lowest BCUT2D eigenvalue weighted by Gasteiger charge is -2.31. The second-order valence-electron chi connectivity index (χ2n) is 6.60. The molecule has 5 heteroatoms. The minimum absolute atomic E-state index is 0.692. The Hall–Kier alpha value is -2.14. The molecule has 3 rings (SSSR count). The quantitative estimate of drug-likeness (QED) is 0.773. The Balaban J connectivity index is 1.45. The zero-order valence-corrected chi connectivity index (χ0v) is 15.1. The van der Waals surface area contributed by atoms with Crippen molar-refractivity contribution in [1.29, 1.82) is 0 Å². The molecule has 1 fully saturated rings. The second-order valence-corrected chi connectivity index (χ2v) is 6.60. The van der Waals surface area contributed by atoms with Crippen LogP contribution in [0.3, 0.4) is 0 Å². The van der Waals surface area contributed by atoms with E-state index < -0.39 is 0 Å². The first-order valence-electron chi connectivity index (χ1n) is 8.98. The molecule has 0 aromatic carbocycles. The van der Waals surface area contributed by atoms with Gasteiger partial charge in [-0.05, 0) is 56.8 Å². The van der Waals surface area contributed by atoms with Gasteiger partial charge in [-0.15, -0.1) is 0 Å². The molecule has 0 spiro atoms. The molecule has 25 heavy (non-hydrogen) atoms. The Labute approximate surface area is 150 Å². The fourth-order valence-electron chi connectivity index (χ4n) is 3.48. The summed E-state index contributed by atoms with van der Waals surface area (Å²) in [4.78, 5) is 11.3. The van der Waals surface area contributed by atoms with E-state index in [1.54, 1.807) is 20.4 Å². The molecule has 2 aromatic heterocycles. The summed E-state index contributed by atoms with van der Waals surface area (Å²) in [6, 6.07) is 10.1. The van der Waals surface area contributed by atoms with Crippen LogP contribution in [0.4, 0.5) is 0 Å². The molecule has 1 saturated heterocycles. The molecule has 0 bridgehead atoms. The second kappa shape index (κ2) is 8.81. The van der Waals surface area contributed by atoms with E-state index in [9.17, 15) is 0 Å². The molecule has 134 valence electrons. The number of hydrogen-bond acceptors (Lipinski definition) is 5. The number of piperidine rings is 1. The van der Waals surface area contributed by atoms with Gasteiger partial charge in [-0.2, -0.15) is 0 Å². The predicted octanol–water partition coefficient (Wildman–Crippen LogP) is 3.34. The number of methoxy groups -OCH3 is 2. The minimum Gasteiger partial charge on any atom is -0.481 e. The summed E-state index contributed by atoms with van der Waals surface area (Å²) in [6.45, 7) is 3.17. The van der Waals surface area contributed by atoms with Gasteiger partial charge in [0.05, 0.1) is 19.9 Å². The monoisotopic (exact) mass is 341 g/mol. The third-order valence-electron chi connectivity index (χ3n) is 4.95. The lowest BCUT2D eigenvalue weighted by Crippen LogP contribution is -2.33. The summed E-state index contributed by atoms with van der Waals surface area (Å²) in [7, 11) is 3.35. The van der Waals surface area contributed by atoms with Gasteiger partial charge >= 0.3 is 0 Å². The first kappa shape index (κ1) is 17.7. The number of hydrogen-bond donors (Lipinski definition) is 0. The smallest absolute Gasteiger partial charge is 0.216 e. The Morgan fingerprint density at radius 3 is 2.68 bits per heavy atom. The zero-order chi connectivity index (χ0) is 17.5. The molecule has 0 aliphatic carbocycles. The minimum atomic E-state index is 0.692. The van der Waals surface area contributed by atoms with E-state index >= 15 is 0 Å². The third-order valence-corrected chi connectivity index (χ3v) is 4.95. The molecule has 0 radical (unpaired) electrons. The molecule has 1 aliphatic rings. The Morgan fingerprint density at radius 1 is 1.08 bits per heavy atom. The summed E-state index contributed by atoms with van der Waals surface area (Å²) < 4.78 is 10.6. The van der Waals surface area contributed by atoms with Crippen molar-refractivity contribution >= 4 is 0 Å². The number of likely N-dealkylation sites (tertiary alicyclic amines) is 1. The Kier molecular flexibility index (Phi) is 6.23. The van der Waals surface area contributed by atoms with Gasteiger partial charge in [0.1, 0.15) is 0 Å². The van der Waals surface area contributed by atoms with Crippen LogP contribution in [0.1, 0.15) is 30.5 Å². The molecule has 0 saturated carbocycles. The number of aromatic nitrogens is 2. The van der Waals surface area contributed by atoms with Crippen LogP contribution in [-0.4, -0.2) is 42.2 Å². The molecule has 0 amide bonds. The van der Waals surface area contributed by atoms with Gasteiger partial charge in [0.15, 0.2) is 0 Å². The Morgan fingerprint density at radius 2 is 1.92 bits per heavy atom. The van der Waals surface area contributed by atoms with Crippen molar-refractivity contribution in [3.05, 3.63) is 47.8 Å². The predicted molar refractivity (Wildman–Crippen MR) is 97.9 cm³/mol. The summed E-state index contributed by atoms with van der Waals surface area (Å²) in [5, 5.41) is 0. The molecular formula is C20H27N3O2. The van der Waals surface area contributed by atoms with Crippen LogP contribution in [0, 0.1) is 5.92 Å². The van der Waals surface area contributed by atoms with Gasteiger partial charge in [-0.1, -0.05) is 12.1 Å². The third kappa shape index (κ3) is 4.92. The van der Waals surface area contributed by atoms with Gasteiger partial charge in [0.25, 0.3) is 0 Å². The van der Waals surface area contributed by atoms with E-state index in [2.05, 4.69) is 27.0 Å². The number of pyridine rings is 2. The average Bonchev–Trinajstić information content (AvgIpc) is 2.68. The summed E-state index contributed by atoms with van der Waals surface area (Å²) in [5.41, 5.74) is 2.30. The molecule has 5 nitrogen and oxygen atoms in total. The van der Waals surface area contributed by atoms with E-state index in [4.69, 9.17) is 9.47 Å². The lowest BCUT2D eigenvalue weighted by atomic mass is 9.90. The van der Waals surface area contributed by atoms with E-state index in [-0.39, 0.29) is 0 Å². The highest BCUT2D eigenvalue weighted by molar-refractivity contribution is 5.25. The SMILES string of the molecule is COc1cccc(CN2CCC(CCc3cccnc3OC)CC2)n1. The number of nitrogens with zero attached hydrogens (tertiary/aromatic N) is 3. The van der Waals surface area contributed by atoms with Crippen LogP contribution < -0.4 is 9.47 Å². The van der Waals surface area contributed by atoms with Crippen LogP contribution in [0.25, 0.3) is 0 Å². The van der Waals surface area contributed by atoms with Crippen LogP contribution in [0.15, 0.2) is 36.5 Å². The highest BCUT2D eigenvalue weighted by Gasteiger charge is 2.20. The lowest BCUT2D eigenvalue weighted by molar-refractivity contribution is 0.170. The van der Waals surface area contributed by atoms with Crippen LogP contribution in [0.5, 0.6) is 11.8 Å².